The van der Waals surface area contributed by atoms with Crippen LogP contribution in [0.4, 0.5) is 0 Å². The van der Waals surface area contributed by atoms with Gasteiger partial charge in [-0.05, 0) is 82.0 Å². The van der Waals surface area contributed by atoms with Crippen molar-refractivity contribution in [1.82, 2.24) is 0 Å². The minimum absolute atomic E-state index is 1.01. The number of hydrogen-bond donors (Lipinski definition) is 0. The monoisotopic (exact) mass is 284 g/mol. The first kappa shape index (κ1) is 13.3. The van der Waals surface area contributed by atoms with Crippen molar-refractivity contribution in [3.63, 3.8) is 0 Å². The molecule has 0 spiro atoms. The molecule has 0 unspecified atom stereocenters. The average Bonchev–Trinajstić information content (AvgIpc) is 2.86. The number of fused-ring (bicyclic) bond motifs is 2. The highest BCUT2D eigenvalue weighted by atomic mass is 14.3. The largest absolute Gasteiger partial charge is 0.0985 e. The summed E-state index contributed by atoms with van der Waals surface area (Å²) < 4.78 is 0. The van der Waals surface area contributed by atoms with Crippen molar-refractivity contribution in [2.45, 2.75) is 26.7 Å². The second-order valence-electron chi connectivity index (χ2n) is 6.34. The van der Waals surface area contributed by atoms with Crippen molar-refractivity contribution >= 4 is 27.5 Å². The lowest BCUT2D eigenvalue weighted by molar-refractivity contribution is 1.06. The topological polar surface area (TPSA) is 0 Å². The maximum Gasteiger partial charge on any atom is -0.00206 e. The first-order chi connectivity index (χ1) is 10.6. The van der Waals surface area contributed by atoms with Crippen LogP contribution in [0.25, 0.3) is 27.5 Å². The van der Waals surface area contributed by atoms with Gasteiger partial charge in [0.1, 0.15) is 0 Å². The Morgan fingerprint density at radius 1 is 1.14 bits per heavy atom. The summed E-state index contributed by atoms with van der Waals surface area (Å²) in [5, 5.41) is 2.78. The normalized spacial score (nSPS) is 15.4. The molecule has 2 aliphatic rings. The molecule has 0 saturated carbocycles. The molecule has 0 heteroatoms. The molecule has 0 N–H and O–H groups in total. The van der Waals surface area contributed by atoms with E-state index in [1.165, 1.54) is 49.7 Å². The van der Waals surface area contributed by atoms with E-state index in [1.807, 2.05) is 6.08 Å². The van der Waals surface area contributed by atoms with Gasteiger partial charge in [0.05, 0.1) is 0 Å². The quantitative estimate of drug-likeness (QED) is 0.573. The van der Waals surface area contributed by atoms with Gasteiger partial charge >= 0.3 is 0 Å². The minimum Gasteiger partial charge on any atom is -0.0985 e. The second kappa shape index (κ2) is 4.58. The van der Waals surface area contributed by atoms with Gasteiger partial charge in [-0.2, -0.15) is 0 Å². The van der Waals surface area contributed by atoms with Gasteiger partial charge in [-0.15, -0.1) is 0 Å². The van der Waals surface area contributed by atoms with E-state index in [9.17, 15) is 0 Å². The summed E-state index contributed by atoms with van der Waals surface area (Å²) in [4.78, 5) is 0. The fourth-order valence-electron chi connectivity index (χ4n) is 3.90. The number of hydrogen-bond acceptors (Lipinski definition) is 0. The van der Waals surface area contributed by atoms with Crippen molar-refractivity contribution in [1.29, 1.82) is 0 Å². The molecular weight excluding hydrogens is 264 g/mol. The van der Waals surface area contributed by atoms with Crippen LogP contribution in [-0.2, 0) is 0 Å². The maximum absolute atomic E-state index is 4.19. The molecule has 2 aromatic rings. The van der Waals surface area contributed by atoms with Gasteiger partial charge in [0.25, 0.3) is 0 Å². The molecule has 2 aliphatic carbocycles. The zero-order valence-electron chi connectivity index (χ0n) is 13.3. The summed E-state index contributed by atoms with van der Waals surface area (Å²) in [5.74, 6) is 0. The molecule has 0 amide bonds. The second-order valence-corrected chi connectivity index (χ2v) is 6.34. The van der Waals surface area contributed by atoms with Gasteiger partial charge in [0.15, 0.2) is 0 Å². The lowest BCUT2D eigenvalue weighted by Crippen LogP contribution is -1.94. The number of allylic oxidation sites excluding steroid dienone is 6. The number of rotatable bonds is 2. The molecule has 108 valence electrons. The molecule has 0 heterocycles. The Morgan fingerprint density at radius 2 is 1.95 bits per heavy atom. The molecular formula is C22H20. The molecule has 0 nitrogen and oxygen atoms in total. The van der Waals surface area contributed by atoms with Gasteiger partial charge < -0.3 is 0 Å². The van der Waals surface area contributed by atoms with Crippen LogP contribution < -0.4 is 0 Å². The minimum atomic E-state index is 1.01. The smallest absolute Gasteiger partial charge is 0.00206 e. The first-order valence-corrected chi connectivity index (χ1v) is 7.92. The van der Waals surface area contributed by atoms with Crippen LogP contribution >= 0.6 is 0 Å². The summed E-state index contributed by atoms with van der Waals surface area (Å²) in [6.07, 6.45) is 8.76. The van der Waals surface area contributed by atoms with E-state index in [0.717, 1.165) is 18.4 Å². The Morgan fingerprint density at radius 3 is 2.73 bits per heavy atom. The molecule has 0 aliphatic heterocycles. The lowest BCUT2D eigenvalue weighted by atomic mass is 9.89. The van der Waals surface area contributed by atoms with E-state index in [2.05, 4.69) is 57.4 Å². The summed E-state index contributed by atoms with van der Waals surface area (Å²) in [7, 11) is 0. The third-order valence-electron chi connectivity index (χ3n) is 5.18. The van der Waals surface area contributed by atoms with Gasteiger partial charge in [-0.1, -0.05) is 49.6 Å². The van der Waals surface area contributed by atoms with E-state index < -0.39 is 0 Å². The van der Waals surface area contributed by atoms with E-state index in [1.54, 1.807) is 0 Å². The fraction of sp³-hybridized carbons (Fsp3) is 0.182. The Hall–Kier alpha value is -2.34. The molecule has 2 aromatic carbocycles. The molecule has 22 heavy (non-hydrogen) atoms. The summed E-state index contributed by atoms with van der Waals surface area (Å²) in [5.41, 5.74) is 10.7. The van der Waals surface area contributed by atoms with Crippen LogP contribution in [-0.4, -0.2) is 0 Å². The van der Waals surface area contributed by atoms with E-state index in [4.69, 9.17) is 0 Å². The SMILES string of the molecule is C=CC(=C)c1ccc2c3c(cc(C)c(C)c13)C1=C2C=CCC1. The van der Waals surface area contributed by atoms with Crippen LogP contribution in [0.1, 0.15) is 40.7 Å². The Balaban J connectivity index is 2.19. The summed E-state index contributed by atoms with van der Waals surface area (Å²) in [6, 6.07) is 6.86. The van der Waals surface area contributed by atoms with Crippen LogP contribution in [0.15, 0.2) is 49.6 Å². The molecule has 0 saturated heterocycles. The Labute approximate surface area is 132 Å². The van der Waals surface area contributed by atoms with Crippen LogP contribution in [0.5, 0.6) is 0 Å². The Bertz CT molecular complexity index is 917. The third-order valence-corrected chi connectivity index (χ3v) is 5.18. The van der Waals surface area contributed by atoms with Crippen LogP contribution in [0.2, 0.25) is 0 Å². The lowest BCUT2D eigenvalue weighted by Gasteiger charge is -2.15. The van der Waals surface area contributed by atoms with E-state index >= 15 is 0 Å². The van der Waals surface area contributed by atoms with E-state index in [-0.39, 0.29) is 0 Å². The number of benzene rings is 2. The molecule has 0 aromatic heterocycles. The average molecular weight is 284 g/mol. The fourth-order valence-corrected chi connectivity index (χ4v) is 3.90. The van der Waals surface area contributed by atoms with E-state index in [0.29, 0.717) is 0 Å². The Kier molecular flexibility index (Phi) is 2.77. The third kappa shape index (κ3) is 1.58. The van der Waals surface area contributed by atoms with Crippen molar-refractivity contribution in [3.05, 3.63) is 77.4 Å². The molecule has 0 atom stereocenters. The predicted octanol–water partition coefficient (Wildman–Crippen LogP) is 6.23. The molecule has 0 bridgehead atoms. The van der Waals surface area contributed by atoms with Crippen molar-refractivity contribution in [3.8, 4) is 0 Å². The highest BCUT2D eigenvalue weighted by Gasteiger charge is 2.26. The standard InChI is InChI=1S/C22H20/c1-5-13(2)16-10-11-19-17-8-6-7-9-18(17)20-12-14(3)15(4)21(16)22(19)20/h5-6,8,10-12H,1-2,7,9H2,3-4H3. The van der Waals surface area contributed by atoms with Crippen LogP contribution in [0.3, 0.4) is 0 Å². The predicted molar refractivity (Wildman–Crippen MR) is 97.8 cm³/mol. The highest BCUT2D eigenvalue weighted by molar-refractivity contribution is 6.19. The maximum atomic E-state index is 4.19. The van der Waals surface area contributed by atoms with Crippen molar-refractivity contribution in [2.24, 2.45) is 0 Å². The van der Waals surface area contributed by atoms with Crippen molar-refractivity contribution in [2.75, 3.05) is 0 Å². The van der Waals surface area contributed by atoms with Crippen LogP contribution in [0, 0.1) is 13.8 Å². The van der Waals surface area contributed by atoms with Gasteiger partial charge in [-0.3, -0.25) is 0 Å². The molecule has 4 rings (SSSR count). The highest BCUT2D eigenvalue weighted by Crippen LogP contribution is 2.49. The number of aryl methyl sites for hydroxylation is 2. The zero-order chi connectivity index (χ0) is 15.4. The van der Waals surface area contributed by atoms with Gasteiger partial charge in [-0.25, -0.2) is 0 Å². The summed E-state index contributed by atoms with van der Waals surface area (Å²) in [6.45, 7) is 12.5. The van der Waals surface area contributed by atoms with Gasteiger partial charge in [0.2, 0.25) is 0 Å². The van der Waals surface area contributed by atoms with Crippen molar-refractivity contribution < 1.29 is 0 Å². The first-order valence-electron chi connectivity index (χ1n) is 7.92. The van der Waals surface area contributed by atoms with Gasteiger partial charge in [0, 0.05) is 0 Å². The molecule has 0 fully saturated rings. The molecule has 0 radical (unpaired) electrons. The summed E-state index contributed by atoms with van der Waals surface area (Å²) >= 11 is 0. The zero-order valence-corrected chi connectivity index (χ0v) is 13.3.